The maximum atomic E-state index is 13.0. The van der Waals surface area contributed by atoms with E-state index >= 15 is 0 Å². The summed E-state index contributed by atoms with van der Waals surface area (Å²) in [4.78, 5) is 38.8. The lowest BCUT2D eigenvalue weighted by molar-refractivity contribution is 0.0949. The number of hydrogen-bond donors (Lipinski definition) is 1. The molecule has 8 nitrogen and oxygen atoms in total. The molecule has 192 valence electrons. The largest absolute Gasteiger partial charge is 0.422 e. The first-order chi connectivity index (χ1) is 18.9. The number of thiazole rings is 1. The van der Waals surface area contributed by atoms with Gasteiger partial charge < -0.3 is 8.83 Å². The van der Waals surface area contributed by atoms with Crippen molar-refractivity contribution in [2.45, 2.75) is 13.8 Å². The van der Waals surface area contributed by atoms with Crippen LogP contribution in [0.1, 0.15) is 21.5 Å². The van der Waals surface area contributed by atoms with E-state index in [4.69, 9.17) is 8.83 Å². The second kappa shape index (κ2) is 9.70. The van der Waals surface area contributed by atoms with Crippen LogP contribution in [-0.2, 0) is 0 Å². The number of para-hydroxylation sites is 2. The second-order valence-electron chi connectivity index (χ2n) is 9.03. The summed E-state index contributed by atoms with van der Waals surface area (Å²) >= 11 is 1.23. The van der Waals surface area contributed by atoms with E-state index in [1.165, 1.54) is 17.4 Å². The average molecular weight is 536 g/mol. The van der Waals surface area contributed by atoms with E-state index in [9.17, 15) is 14.4 Å². The summed E-state index contributed by atoms with van der Waals surface area (Å²) in [5, 5.41) is 7.52. The molecule has 1 amide bonds. The molecule has 0 bridgehead atoms. The number of carbonyl (C=O) groups is 1. The minimum absolute atomic E-state index is 0.165. The summed E-state index contributed by atoms with van der Waals surface area (Å²) in [6.45, 7) is 4.00. The van der Waals surface area contributed by atoms with E-state index in [1.807, 2.05) is 44.2 Å². The molecule has 3 heterocycles. The third kappa shape index (κ3) is 4.49. The number of fused-ring (bicyclic) bond motifs is 2. The van der Waals surface area contributed by atoms with Crippen molar-refractivity contribution < 1.29 is 13.6 Å². The van der Waals surface area contributed by atoms with E-state index in [-0.39, 0.29) is 5.56 Å². The molecule has 0 aliphatic rings. The Morgan fingerprint density at radius 3 is 2.21 bits per heavy atom. The minimum Gasteiger partial charge on any atom is -0.422 e. The van der Waals surface area contributed by atoms with E-state index in [1.54, 1.807) is 52.4 Å². The van der Waals surface area contributed by atoms with Crippen LogP contribution in [0.5, 0.6) is 0 Å². The highest BCUT2D eigenvalue weighted by Crippen LogP contribution is 2.25. The number of hydrogen-bond acceptors (Lipinski definition) is 7. The van der Waals surface area contributed by atoms with Crippen molar-refractivity contribution in [3.8, 4) is 16.9 Å². The molecule has 0 aliphatic heterocycles. The molecule has 3 aromatic carbocycles. The van der Waals surface area contributed by atoms with Crippen LogP contribution < -0.4 is 21.5 Å². The summed E-state index contributed by atoms with van der Waals surface area (Å²) in [6, 6.07) is 23.4. The molecular formula is C30H21N3O5S. The number of amides is 1. The van der Waals surface area contributed by atoms with Gasteiger partial charge in [0.05, 0.1) is 11.3 Å². The summed E-state index contributed by atoms with van der Waals surface area (Å²) in [5.41, 5.74) is 5.76. The lowest BCUT2D eigenvalue weighted by Gasteiger charge is -2.11. The Balaban J connectivity index is 1.49. The Hall–Kier alpha value is -5.02. The van der Waals surface area contributed by atoms with E-state index < -0.39 is 17.2 Å². The fraction of sp³-hybridized carbons (Fsp3) is 0.0667. The molecule has 9 heteroatoms. The summed E-state index contributed by atoms with van der Waals surface area (Å²) in [6.07, 6.45) is 0. The molecule has 0 aliphatic carbocycles. The highest BCUT2D eigenvalue weighted by Gasteiger charge is 2.17. The second-order valence-corrected chi connectivity index (χ2v) is 9.87. The third-order valence-corrected chi connectivity index (χ3v) is 7.34. The smallest absolute Gasteiger partial charge is 0.349 e. The molecule has 0 atom stereocenters. The van der Waals surface area contributed by atoms with Crippen molar-refractivity contribution in [1.29, 1.82) is 0 Å². The Labute approximate surface area is 225 Å². The van der Waals surface area contributed by atoms with Gasteiger partial charge in [0.15, 0.2) is 0 Å². The minimum atomic E-state index is -0.760. The molecule has 1 N–H and O–H groups in total. The molecule has 0 radical (unpaired) electrons. The number of carbonyl (C=O) groups excluding carboxylic acids is 1. The Bertz CT molecular complexity index is 2100. The highest BCUT2D eigenvalue weighted by molar-refractivity contribution is 7.07. The van der Waals surface area contributed by atoms with Crippen LogP contribution in [0.4, 0.5) is 0 Å². The van der Waals surface area contributed by atoms with Gasteiger partial charge >= 0.3 is 11.3 Å². The van der Waals surface area contributed by atoms with Gasteiger partial charge in [0, 0.05) is 21.8 Å². The number of nitrogens with one attached hydrogen (secondary N) is 1. The molecule has 6 rings (SSSR count). The van der Waals surface area contributed by atoms with Crippen LogP contribution in [-0.4, -0.2) is 10.5 Å². The molecule has 3 aromatic heterocycles. The van der Waals surface area contributed by atoms with Crippen LogP contribution in [0.15, 0.2) is 108 Å². The lowest BCUT2D eigenvalue weighted by Crippen LogP contribution is -2.28. The zero-order valence-electron chi connectivity index (χ0n) is 20.9. The Morgan fingerprint density at radius 2 is 1.49 bits per heavy atom. The summed E-state index contributed by atoms with van der Waals surface area (Å²) < 4.78 is 12.7. The first kappa shape index (κ1) is 24.3. The number of nitrogens with zero attached hydrogens (tertiary/aromatic N) is 2. The lowest BCUT2D eigenvalue weighted by atomic mass is 10.1. The Kier molecular flexibility index (Phi) is 6.05. The SMILES string of the molecule is Cc1ccc(-n2c(-c3cc4ccccc4oc3=O)cs/c2=N/NC(=O)c2cc3ccccc3oc2=O)cc1C. The molecule has 0 saturated carbocycles. The van der Waals surface area contributed by atoms with Gasteiger partial charge in [-0.05, 0) is 61.4 Å². The predicted molar refractivity (Wildman–Crippen MR) is 150 cm³/mol. The van der Waals surface area contributed by atoms with Crippen molar-refractivity contribution in [3.05, 3.63) is 127 Å². The van der Waals surface area contributed by atoms with Gasteiger partial charge in [-0.1, -0.05) is 42.5 Å². The van der Waals surface area contributed by atoms with E-state index in [2.05, 4.69) is 10.5 Å². The number of benzene rings is 3. The molecule has 0 fully saturated rings. The van der Waals surface area contributed by atoms with Crippen LogP contribution in [0.25, 0.3) is 38.9 Å². The van der Waals surface area contributed by atoms with E-state index in [0.29, 0.717) is 32.6 Å². The monoisotopic (exact) mass is 535 g/mol. The van der Waals surface area contributed by atoms with Gasteiger partial charge in [-0.3, -0.25) is 9.36 Å². The number of aryl methyl sites for hydroxylation is 2. The normalized spacial score (nSPS) is 11.8. The maximum Gasteiger partial charge on any atom is 0.349 e. The van der Waals surface area contributed by atoms with Crippen LogP contribution >= 0.6 is 11.3 Å². The fourth-order valence-corrected chi connectivity index (χ4v) is 5.17. The van der Waals surface area contributed by atoms with Gasteiger partial charge in [0.2, 0.25) is 4.80 Å². The zero-order chi connectivity index (χ0) is 27.1. The quantitative estimate of drug-likeness (QED) is 0.244. The molecular weight excluding hydrogens is 514 g/mol. The fourth-order valence-electron chi connectivity index (χ4n) is 4.31. The van der Waals surface area contributed by atoms with Crippen molar-refractivity contribution >= 4 is 39.2 Å². The number of aromatic nitrogens is 1. The predicted octanol–water partition coefficient (Wildman–Crippen LogP) is 5.28. The molecule has 39 heavy (non-hydrogen) atoms. The van der Waals surface area contributed by atoms with Gasteiger partial charge in [0.1, 0.15) is 16.7 Å². The average Bonchev–Trinajstić information content (AvgIpc) is 3.36. The molecule has 0 unspecified atom stereocenters. The molecule has 0 saturated heterocycles. The van der Waals surface area contributed by atoms with Gasteiger partial charge in [-0.25, -0.2) is 15.0 Å². The topological polar surface area (TPSA) is 107 Å². The molecule has 6 aromatic rings. The van der Waals surface area contributed by atoms with E-state index in [0.717, 1.165) is 22.2 Å². The van der Waals surface area contributed by atoms with Crippen LogP contribution in [0, 0.1) is 13.8 Å². The van der Waals surface area contributed by atoms with Gasteiger partial charge in [-0.15, -0.1) is 16.4 Å². The first-order valence-corrected chi connectivity index (χ1v) is 13.0. The number of rotatable bonds is 4. The Morgan fingerprint density at radius 1 is 0.821 bits per heavy atom. The summed E-state index contributed by atoms with van der Waals surface area (Å²) in [5.74, 6) is -0.707. The zero-order valence-corrected chi connectivity index (χ0v) is 21.7. The molecule has 0 spiro atoms. The van der Waals surface area contributed by atoms with Gasteiger partial charge in [-0.2, -0.15) is 0 Å². The maximum absolute atomic E-state index is 13.0. The highest BCUT2D eigenvalue weighted by atomic mass is 32.1. The van der Waals surface area contributed by atoms with Crippen molar-refractivity contribution in [3.63, 3.8) is 0 Å². The summed E-state index contributed by atoms with van der Waals surface area (Å²) in [7, 11) is 0. The third-order valence-electron chi connectivity index (χ3n) is 6.51. The van der Waals surface area contributed by atoms with Crippen molar-refractivity contribution in [2.24, 2.45) is 5.10 Å². The van der Waals surface area contributed by atoms with Crippen molar-refractivity contribution in [2.75, 3.05) is 0 Å². The first-order valence-electron chi connectivity index (χ1n) is 12.1. The standard InChI is InChI=1S/C30H21N3O5S/c1-17-11-12-21(13-18(17)2)33-24(22-14-19-7-3-5-9-25(19)37-28(22)35)16-39-30(33)32-31-27(34)23-15-20-8-4-6-10-26(20)38-29(23)36/h3-16H,1-2H3,(H,31,34)/b32-30+. The van der Waals surface area contributed by atoms with Gasteiger partial charge in [0.25, 0.3) is 5.91 Å². The van der Waals surface area contributed by atoms with Crippen LogP contribution in [0.3, 0.4) is 0 Å². The van der Waals surface area contributed by atoms with Crippen LogP contribution in [0.2, 0.25) is 0 Å². The van der Waals surface area contributed by atoms with Crippen molar-refractivity contribution in [1.82, 2.24) is 9.99 Å².